The maximum atomic E-state index is 12.3. The van der Waals surface area contributed by atoms with Crippen LogP contribution < -0.4 is 10.6 Å². The van der Waals surface area contributed by atoms with E-state index in [0.29, 0.717) is 5.41 Å². The molecule has 1 amide bonds. The van der Waals surface area contributed by atoms with E-state index < -0.39 is 0 Å². The molecule has 5 heteroatoms. The van der Waals surface area contributed by atoms with Crippen molar-refractivity contribution < 1.29 is 4.79 Å². The molecule has 0 aromatic heterocycles. The van der Waals surface area contributed by atoms with E-state index in [-0.39, 0.29) is 24.2 Å². The van der Waals surface area contributed by atoms with E-state index in [2.05, 4.69) is 22.5 Å². The standard InChI is InChI=1S/C18H27N3O.ClH/c1-18(9-10-19-13-18)14-21-11-7-15(8-12-21)17(22)20-16-5-3-2-4-6-16;/h2-6,15,19H,7-14H2,1H3,(H,20,22);1H. The number of piperidine rings is 1. The van der Waals surface area contributed by atoms with E-state index >= 15 is 0 Å². The molecule has 0 bridgehead atoms. The summed E-state index contributed by atoms with van der Waals surface area (Å²) in [6.07, 6.45) is 3.21. The van der Waals surface area contributed by atoms with Gasteiger partial charge in [-0.1, -0.05) is 25.1 Å². The van der Waals surface area contributed by atoms with Crippen molar-refractivity contribution in [1.82, 2.24) is 10.2 Å². The lowest BCUT2D eigenvalue weighted by Gasteiger charge is -2.36. The zero-order chi connectivity index (χ0) is 15.4. The monoisotopic (exact) mass is 337 g/mol. The molecule has 2 N–H and O–H groups in total. The van der Waals surface area contributed by atoms with Crippen LogP contribution in [0.3, 0.4) is 0 Å². The molecule has 23 heavy (non-hydrogen) atoms. The fourth-order valence-electron chi connectivity index (χ4n) is 3.66. The first-order valence-corrected chi connectivity index (χ1v) is 8.44. The third-order valence-electron chi connectivity index (χ3n) is 5.06. The zero-order valence-corrected chi connectivity index (χ0v) is 14.7. The number of rotatable bonds is 4. The molecule has 1 atom stereocenters. The Hall–Kier alpha value is -1.10. The van der Waals surface area contributed by atoms with Gasteiger partial charge >= 0.3 is 0 Å². The van der Waals surface area contributed by atoms with Crippen molar-refractivity contribution in [1.29, 1.82) is 0 Å². The second kappa shape index (κ2) is 8.13. The first kappa shape index (κ1) is 18.2. The highest BCUT2D eigenvalue weighted by Crippen LogP contribution is 2.28. The summed E-state index contributed by atoms with van der Waals surface area (Å²) < 4.78 is 0. The van der Waals surface area contributed by atoms with Gasteiger partial charge in [0.15, 0.2) is 0 Å². The van der Waals surface area contributed by atoms with Gasteiger partial charge in [-0.3, -0.25) is 4.79 Å². The Labute approximate surface area is 145 Å². The van der Waals surface area contributed by atoms with Crippen molar-refractivity contribution >= 4 is 24.0 Å². The lowest BCUT2D eigenvalue weighted by Crippen LogP contribution is -2.43. The Kier molecular flexibility index (Phi) is 6.45. The minimum Gasteiger partial charge on any atom is -0.326 e. The summed E-state index contributed by atoms with van der Waals surface area (Å²) in [5, 5.41) is 6.51. The topological polar surface area (TPSA) is 44.4 Å². The molecule has 1 aromatic rings. The Morgan fingerprint density at radius 1 is 1.30 bits per heavy atom. The number of carbonyl (C=O) groups is 1. The number of benzene rings is 1. The maximum Gasteiger partial charge on any atom is 0.227 e. The summed E-state index contributed by atoms with van der Waals surface area (Å²) in [5.74, 6) is 0.338. The highest BCUT2D eigenvalue weighted by molar-refractivity contribution is 5.92. The molecule has 2 saturated heterocycles. The fourth-order valence-corrected chi connectivity index (χ4v) is 3.66. The summed E-state index contributed by atoms with van der Waals surface area (Å²) in [6, 6.07) is 9.76. The molecule has 2 fully saturated rings. The smallest absolute Gasteiger partial charge is 0.227 e. The molecule has 3 rings (SSSR count). The molecule has 128 valence electrons. The summed E-state index contributed by atoms with van der Waals surface area (Å²) in [5.41, 5.74) is 1.32. The van der Waals surface area contributed by atoms with Crippen LogP contribution in [0.15, 0.2) is 30.3 Å². The van der Waals surface area contributed by atoms with Crippen LogP contribution in [0.2, 0.25) is 0 Å². The molecule has 4 nitrogen and oxygen atoms in total. The number of amides is 1. The average Bonchev–Trinajstić information content (AvgIpc) is 2.95. The van der Waals surface area contributed by atoms with E-state index in [1.54, 1.807) is 0 Å². The minimum atomic E-state index is 0. The molecule has 1 unspecified atom stereocenters. The number of halogens is 1. The minimum absolute atomic E-state index is 0. The SMILES string of the molecule is CC1(CN2CCC(C(=O)Nc3ccccc3)CC2)CCNC1.Cl. The number of nitrogens with one attached hydrogen (secondary N) is 2. The number of nitrogens with zero attached hydrogens (tertiary/aromatic N) is 1. The molecule has 0 radical (unpaired) electrons. The van der Waals surface area contributed by atoms with E-state index in [0.717, 1.165) is 51.3 Å². The van der Waals surface area contributed by atoms with E-state index in [1.165, 1.54) is 6.42 Å². The van der Waals surface area contributed by atoms with Crippen molar-refractivity contribution in [3.05, 3.63) is 30.3 Å². The van der Waals surface area contributed by atoms with Crippen molar-refractivity contribution in [2.45, 2.75) is 26.2 Å². The van der Waals surface area contributed by atoms with Gasteiger partial charge in [0, 0.05) is 24.7 Å². The average molecular weight is 338 g/mol. The Balaban J connectivity index is 0.00000192. The number of likely N-dealkylation sites (tertiary alicyclic amines) is 1. The Morgan fingerprint density at radius 2 is 2.00 bits per heavy atom. The summed E-state index contributed by atoms with van der Waals surface area (Å²) in [4.78, 5) is 14.9. The maximum absolute atomic E-state index is 12.3. The van der Waals surface area contributed by atoms with Gasteiger partial charge in [-0.15, -0.1) is 12.4 Å². The van der Waals surface area contributed by atoms with Crippen molar-refractivity contribution in [3.63, 3.8) is 0 Å². The van der Waals surface area contributed by atoms with Crippen molar-refractivity contribution in [2.75, 3.05) is 38.0 Å². The fraction of sp³-hybridized carbons (Fsp3) is 0.611. The summed E-state index contributed by atoms with van der Waals surface area (Å²) in [7, 11) is 0. The number of para-hydroxylation sites is 1. The lowest BCUT2D eigenvalue weighted by molar-refractivity contribution is -0.121. The van der Waals surface area contributed by atoms with Crippen LogP contribution in [0, 0.1) is 11.3 Å². The van der Waals surface area contributed by atoms with E-state index in [9.17, 15) is 4.79 Å². The highest BCUT2D eigenvalue weighted by Gasteiger charge is 2.33. The molecule has 2 heterocycles. The van der Waals surface area contributed by atoms with Crippen LogP contribution in [0.1, 0.15) is 26.2 Å². The van der Waals surface area contributed by atoms with Crippen molar-refractivity contribution in [2.24, 2.45) is 11.3 Å². The van der Waals surface area contributed by atoms with Crippen LogP contribution in [0.25, 0.3) is 0 Å². The predicted octanol–water partition coefficient (Wildman–Crippen LogP) is 2.76. The molecule has 0 aliphatic carbocycles. The largest absolute Gasteiger partial charge is 0.326 e. The number of hydrogen-bond donors (Lipinski definition) is 2. The second-order valence-electron chi connectivity index (χ2n) is 7.14. The highest BCUT2D eigenvalue weighted by atomic mass is 35.5. The second-order valence-corrected chi connectivity index (χ2v) is 7.14. The van der Waals surface area contributed by atoms with E-state index in [4.69, 9.17) is 0 Å². The van der Waals surface area contributed by atoms with Crippen LogP contribution in [-0.4, -0.2) is 43.5 Å². The van der Waals surface area contributed by atoms with Gasteiger partial charge in [0.2, 0.25) is 5.91 Å². The zero-order valence-electron chi connectivity index (χ0n) is 13.9. The summed E-state index contributed by atoms with van der Waals surface area (Å²) in [6.45, 7) is 7.90. The van der Waals surface area contributed by atoms with Gasteiger partial charge < -0.3 is 15.5 Å². The summed E-state index contributed by atoms with van der Waals surface area (Å²) >= 11 is 0. The van der Waals surface area contributed by atoms with Gasteiger partial charge in [0.05, 0.1) is 0 Å². The van der Waals surface area contributed by atoms with Gasteiger partial charge in [0.1, 0.15) is 0 Å². The Bertz CT molecular complexity index is 494. The number of anilines is 1. The predicted molar refractivity (Wildman–Crippen MR) is 97.1 cm³/mol. The van der Waals surface area contributed by atoms with Gasteiger partial charge in [-0.25, -0.2) is 0 Å². The van der Waals surface area contributed by atoms with Gasteiger partial charge in [-0.05, 0) is 56.4 Å². The molecular weight excluding hydrogens is 310 g/mol. The molecule has 0 saturated carbocycles. The lowest BCUT2D eigenvalue weighted by atomic mass is 9.87. The number of carbonyl (C=O) groups excluding carboxylic acids is 1. The quantitative estimate of drug-likeness (QED) is 0.888. The van der Waals surface area contributed by atoms with Crippen molar-refractivity contribution in [3.8, 4) is 0 Å². The van der Waals surface area contributed by atoms with Crippen LogP contribution in [0.4, 0.5) is 5.69 Å². The van der Waals surface area contributed by atoms with Gasteiger partial charge in [0.25, 0.3) is 0 Å². The van der Waals surface area contributed by atoms with E-state index in [1.807, 2.05) is 30.3 Å². The molecule has 2 aliphatic heterocycles. The van der Waals surface area contributed by atoms with Gasteiger partial charge in [-0.2, -0.15) is 0 Å². The molecular formula is C18H28ClN3O. The normalized spacial score (nSPS) is 25.8. The first-order chi connectivity index (χ1) is 10.6. The van der Waals surface area contributed by atoms with Crippen LogP contribution in [0.5, 0.6) is 0 Å². The third kappa shape index (κ3) is 4.93. The van der Waals surface area contributed by atoms with Crippen LogP contribution in [-0.2, 0) is 4.79 Å². The molecule has 2 aliphatic rings. The molecule has 1 aromatic carbocycles. The molecule has 0 spiro atoms. The Morgan fingerprint density at radius 3 is 2.61 bits per heavy atom. The van der Waals surface area contributed by atoms with Crippen LogP contribution >= 0.6 is 12.4 Å². The third-order valence-corrected chi connectivity index (χ3v) is 5.06. The number of hydrogen-bond acceptors (Lipinski definition) is 3. The first-order valence-electron chi connectivity index (χ1n) is 8.44.